The first kappa shape index (κ1) is 13.8. The molecule has 0 spiro atoms. The van der Waals surface area contributed by atoms with Gasteiger partial charge >= 0.3 is 0 Å². The third-order valence-electron chi connectivity index (χ3n) is 3.35. The molecule has 5 heteroatoms. The van der Waals surface area contributed by atoms with Gasteiger partial charge in [-0.1, -0.05) is 6.92 Å². The summed E-state index contributed by atoms with van der Waals surface area (Å²) in [6.07, 6.45) is 1.68. The zero-order chi connectivity index (χ0) is 14.0. The molecule has 0 aliphatic carbocycles. The Kier molecular flexibility index (Phi) is 4.04. The molecule has 2 heterocycles. The van der Waals surface area contributed by atoms with Crippen LogP contribution in [-0.4, -0.2) is 61.0 Å². The maximum Gasteiger partial charge on any atom is 0.259 e. The molecule has 2 atom stereocenters. The first-order valence-electron chi connectivity index (χ1n) is 6.51. The fourth-order valence-corrected chi connectivity index (χ4v) is 2.32. The number of carbonyl (C=O) groups excluding carboxylic acids is 1. The number of fused-ring (bicyclic) bond motifs is 1. The summed E-state index contributed by atoms with van der Waals surface area (Å²) < 4.78 is 5.98. The third-order valence-corrected chi connectivity index (χ3v) is 3.35. The van der Waals surface area contributed by atoms with Crippen LogP contribution < -0.4 is 4.74 Å². The molecule has 0 fully saturated rings. The molecular formula is C14H21N3O2. The molecule has 0 N–H and O–H groups in total. The number of nitrogens with zero attached hydrogens (tertiary/aromatic N) is 3. The van der Waals surface area contributed by atoms with E-state index in [-0.39, 0.29) is 17.9 Å². The van der Waals surface area contributed by atoms with Crippen molar-refractivity contribution >= 4 is 5.91 Å². The van der Waals surface area contributed by atoms with Crippen LogP contribution in [-0.2, 0) is 0 Å². The minimum absolute atomic E-state index is 0.0270. The van der Waals surface area contributed by atoms with Gasteiger partial charge in [0.25, 0.3) is 5.91 Å². The van der Waals surface area contributed by atoms with Gasteiger partial charge in [-0.2, -0.15) is 0 Å². The van der Waals surface area contributed by atoms with Crippen molar-refractivity contribution in [1.82, 2.24) is 14.8 Å². The summed E-state index contributed by atoms with van der Waals surface area (Å²) in [5, 5.41) is 0. The normalized spacial score (nSPS) is 23.6. The van der Waals surface area contributed by atoms with E-state index in [1.807, 2.05) is 21.1 Å². The number of hydrogen-bond donors (Lipinski definition) is 0. The van der Waals surface area contributed by atoms with Crippen molar-refractivity contribution in [2.45, 2.75) is 13.0 Å². The van der Waals surface area contributed by atoms with Crippen LogP contribution in [0.25, 0.3) is 0 Å². The summed E-state index contributed by atoms with van der Waals surface area (Å²) in [6.45, 7) is 3.59. The second kappa shape index (κ2) is 5.57. The number of hydrogen-bond acceptors (Lipinski definition) is 4. The monoisotopic (exact) mass is 263 g/mol. The molecule has 1 amide bonds. The fraction of sp³-hybridized carbons (Fsp3) is 0.571. The van der Waals surface area contributed by atoms with Crippen LogP contribution in [0.4, 0.5) is 0 Å². The Morgan fingerprint density at radius 3 is 2.95 bits per heavy atom. The van der Waals surface area contributed by atoms with Crippen LogP contribution >= 0.6 is 0 Å². The molecular weight excluding hydrogens is 242 g/mol. The Morgan fingerprint density at radius 2 is 2.26 bits per heavy atom. The molecule has 0 aromatic carbocycles. The van der Waals surface area contributed by atoms with Crippen LogP contribution in [0.2, 0.25) is 0 Å². The standard InChI is InChI=1S/C14H21N3O2/c1-10-8-17(4)14(18)11-6-5-7-15-13(11)19-12(10)9-16(2)3/h5-7,10,12H,8-9H2,1-4H3/t10-,12+/m1/s1. The van der Waals surface area contributed by atoms with Crippen molar-refractivity contribution in [3.63, 3.8) is 0 Å². The molecule has 0 saturated heterocycles. The van der Waals surface area contributed by atoms with Crippen molar-refractivity contribution in [2.24, 2.45) is 5.92 Å². The molecule has 0 saturated carbocycles. The van der Waals surface area contributed by atoms with Gasteiger partial charge in [-0.05, 0) is 26.2 Å². The quantitative estimate of drug-likeness (QED) is 0.802. The van der Waals surface area contributed by atoms with Crippen LogP contribution in [0.15, 0.2) is 18.3 Å². The summed E-state index contributed by atoms with van der Waals surface area (Å²) in [7, 11) is 5.86. The number of carbonyl (C=O) groups is 1. The van der Waals surface area contributed by atoms with Crippen LogP contribution in [0.5, 0.6) is 5.88 Å². The molecule has 0 bridgehead atoms. The highest BCUT2D eigenvalue weighted by molar-refractivity contribution is 5.96. The maximum absolute atomic E-state index is 12.3. The van der Waals surface area contributed by atoms with Gasteiger partial charge in [-0.25, -0.2) is 4.98 Å². The van der Waals surface area contributed by atoms with E-state index in [1.54, 1.807) is 23.2 Å². The summed E-state index contributed by atoms with van der Waals surface area (Å²) in [6, 6.07) is 3.53. The lowest BCUT2D eigenvalue weighted by molar-refractivity contribution is 0.0557. The van der Waals surface area contributed by atoms with E-state index < -0.39 is 0 Å². The van der Waals surface area contributed by atoms with Crippen molar-refractivity contribution in [3.05, 3.63) is 23.9 Å². The lowest BCUT2D eigenvalue weighted by Gasteiger charge is -2.33. The first-order chi connectivity index (χ1) is 8.99. The predicted octanol–water partition coefficient (Wildman–Crippen LogP) is 1.11. The van der Waals surface area contributed by atoms with E-state index in [0.717, 1.165) is 6.54 Å². The SMILES string of the molecule is C[C@@H]1CN(C)C(=O)c2cccnc2O[C@H]1CN(C)C. The Labute approximate surface area is 114 Å². The molecule has 1 aliphatic heterocycles. The first-order valence-corrected chi connectivity index (χ1v) is 6.51. The Bertz CT molecular complexity index is 462. The number of aromatic nitrogens is 1. The van der Waals surface area contributed by atoms with Gasteiger partial charge in [0, 0.05) is 32.3 Å². The highest BCUT2D eigenvalue weighted by Gasteiger charge is 2.29. The highest BCUT2D eigenvalue weighted by Crippen LogP contribution is 2.24. The average molecular weight is 263 g/mol. The molecule has 0 radical (unpaired) electrons. The summed E-state index contributed by atoms with van der Waals surface area (Å²) in [5.74, 6) is 0.669. The number of rotatable bonds is 2. The lowest BCUT2D eigenvalue weighted by atomic mass is 10.0. The van der Waals surface area contributed by atoms with Gasteiger partial charge in [0.15, 0.2) is 0 Å². The predicted molar refractivity (Wildman–Crippen MR) is 73.3 cm³/mol. The van der Waals surface area contributed by atoms with Gasteiger partial charge in [-0.15, -0.1) is 0 Å². The van der Waals surface area contributed by atoms with Gasteiger partial charge in [0.05, 0.1) is 0 Å². The molecule has 0 unspecified atom stereocenters. The highest BCUT2D eigenvalue weighted by atomic mass is 16.5. The fourth-order valence-electron chi connectivity index (χ4n) is 2.32. The average Bonchev–Trinajstić information content (AvgIpc) is 2.36. The zero-order valence-corrected chi connectivity index (χ0v) is 12.0. The second-order valence-electron chi connectivity index (χ2n) is 5.44. The zero-order valence-electron chi connectivity index (χ0n) is 12.0. The van der Waals surface area contributed by atoms with Crippen LogP contribution in [0.3, 0.4) is 0 Å². The van der Waals surface area contributed by atoms with E-state index in [2.05, 4.69) is 16.8 Å². The molecule has 1 aromatic heterocycles. The third kappa shape index (κ3) is 3.04. The van der Waals surface area contributed by atoms with Gasteiger partial charge < -0.3 is 14.5 Å². The Balaban J connectivity index is 2.34. The van der Waals surface area contributed by atoms with Gasteiger partial charge in [-0.3, -0.25) is 4.79 Å². The van der Waals surface area contributed by atoms with Gasteiger partial charge in [0.2, 0.25) is 5.88 Å². The molecule has 104 valence electrons. The summed E-state index contributed by atoms with van der Waals surface area (Å²) in [4.78, 5) is 20.3. The van der Waals surface area contributed by atoms with E-state index in [9.17, 15) is 4.79 Å². The van der Waals surface area contributed by atoms with E-state index in [0.29, 0.717) is 18.0 Å². The second-order valence-corrected chi connectivity index (χ2v) is 5.44. The Hall–Kier alpha value is -1.62. The summed E-state index contributed by atoms with van der Waals surface area (Å²) in [5.41, 5.74) is 0.542. The molecule has 1 aliphatic rings. The Morgan fingerprint density at radius 1 is 1.53 bits per heavy atom. The number of ether oxygens (including phenoxy) is 1. The minimum Gasteiger partial charge on any atom is -0.472 e. The van der Waals surface area contributed by atoms with Crippen LogP contribution in [0.1, 0.15) is 17.3 Å². The maximum atomic E-state index is 12.3. The number of likely N-dealkylation sites (N-methyl/N-ethyl adjacent to an activating group) is 1. The van der Waals surface area contributed by atoms with Crippen molar-refractivity contribution in [1.29, 1.82) is 0 Å². The van der Waals surface area contributed by atoms with Crippen molar-refractivity contribution in [2.75, 3.05) is 34.2 Å². The number of pyridine rings is 1. The van der Waals surface area contributed by atoms with Crippen LogP contribution in [0, 0.1) is 5.92 Å². The molecule has 1 aromatic rings. The minimum atomic E-state index is -0.0294. The lowest BCUT2D eigenvalue weighted by Crippen LogP contribution is -2.44. The molecule has 2 rings (SSSR count). The number of amides is 1. The van der Waals surface area contributed by atoms with Crippen molar-refractivity contribution in [3.8, 4) is 5.88 Å². The smallest absolute Gasteiger partial charge is 0.259 e. The largest absolute Gasteiger partial charge is 0.472 e. The topological polar surface area (TPSA) is 45.7 Å². The van der Waals surface area contributed by atoms with E-state index >= 15 is 0 Å². The van der Waals surface area contributed by atoms with E-state index in [4.69, 9.17) is 4.74 Å². The molecule has 5 nitrogen and oxygen atoms in total. The van der Waals surface area contributed by atoms with E-state index in [1.165, 1.54) is 0 Å². The molecule has 19 heavy (non-hydrogen) atoms. The summed E-state index contributed by atoms with van der Waals surface area (Å²) >= 11 is 0. The van der Waals surface area contributed by atoms with Gasteiger partial charge in [0.1, 0.15) is 11.7 Å². The van der Waals surface area contributed by atoms with Crippen molar-refractivity contribution < 1.29 is 9.53 Å².